The highest BCUT2D eigenvalue weighted by molar-refractivity contribution is 6.36. The molecule has 2 rings (SSSR count). The predicted molar refractivity (Wildman–Crippen MR) is 75.1 cm³/mol. The second-order valence-corrected chi connectivity index (χ2v) is 4.44. The van der Waals surface area contributed by atoms with Crippen molar-refractivity contribution in [1.29, 1.82) is 0 Å². The van der Waals surface area contributed by atoms with Crippen LogP contribution in [0, 0.1) is 0 Å². The largest absolute Gasteiger partial charge is 0.494 e. The first-order valence-corrected chi connectivity index (χ1v) is 6.21. The van der Waals surface area contributed by atoms with Crippen LogP contribution >= 0.6 is 11.6 Å². The molecule has 0 spiro atoms. The van der Waals surface area contributed by atoms with Crippen LogP contribution in [0.4, 0.5) is 5.69 Å². The molecule has 5 heteroatoms. The van der Waals surface area contributed by atoms with E-state index >= 15 is 0 Å². The Morgan fingerprint density at radius 2 is 2.22 bits per heavy atom. The van der Waals surface area contributed by atoms with Crippen LogP contribution in [-0.2, 0) is 6.42 Å². The first-order valence-electron chi connectivity index (χ1n) is 5.84. The standard InChI is InChI=1S/C13H16ClN3O/c1-3-4-8-7-10(17-15)12-9(14)5-6-11(18-2)13(12)16-8/h5-7H,3-4,15H2,1-2H3,(H,16,17). The van der Waals surface area contributed by atoms with Crippen LogP contribution in [0.25, 0.3) is 10.9 Å². The monoisotopic (exact) mass is 265 g/mol. The highest BCUT2D eigenvalue weighted by Gasteiger charge is 2.12. The zero-order valence-electron chi connectivity index (χ0n) is 10.5. The Kier molecular flexibility index (Phi) is 3.89. The molecular weight excluding hydrogens is 250 g/mol. The smallest absolute Gasteiger partial charge is 0.145 e. The van der Waals surface area contributed by atoms with Crippen LogP contribution in [0.15, 0.2) is 18.2 Å². The number of methoxy groups -OCH3 is 1. The van der Waals surface area contributed by atoms with E-state index in [1.165, 1.54) is 0 Å². The van der Waals surface area contributed by atoms with Crippen LogP contribution in [-0.4, -0.2) is 12.1 Å². The number of hydrazine groups is 1. The lowest BCUT2D eigenvalue weighted by molar-refractivity contribution is 0.419. The van der Waals surface area contributed by atoms with Gasteiger partial charge in [-0.05, 0) is 24.6 Å². The normalized spacial score (nSPS) is 10.7. The zero-order valence-corrected chi connectivity index (χ0v) is 11.2. The number of halogens is 1. The van der Waals surface area contributed by atoms with E-state index < -0.39 is 0 Å². The van der Waals surface area contributed by atoms with Gasteiger partial charge in [0.05, 0.1) is 17.8 Å². The first-order chi connectivity index (χ1) is 8.71. The van der Waals surface area contributed by atoms with Crippen molar-refractivity contribution in [1.82, 2.24) is 4.98 Å². The summed E-state index contributed by atoms with van der Waals surface area (Å²) in [5.41, 5.74) is 5.16. The van der Waals surface area contributed by atoms with Crippen LogP contribution in [0.3, 0.4) is 0 Å². The molecule has 1 heterocycles. The number of nitrogens with two attached hydrogens (primary N) is 1. The number of fused-ring (bicyclic) bond motifs is 1. The minimum Gasteiger partial charge on any atom is -0.494 e. The lowest BCUT2D eigenvalue weighted by Gasteiger charge is -2.12. The SMILES string of the molecule is CCCc1cc(NN)c2c(Cl)ccc(OC)c2n1. The molecule has 0 saturated heterocycles. The number of nitrogen functional groups attached to an aromatic ring is 1. The van der Waals surface area contributed by atoms with Gasteiger partial charge in [-0.25, -0.2) is 4.98 Å². The minimum absolute atomic E-state index is 0.606. The van der Waals surface area contributed by atoms with E-state index in [1.807, 2.05) is 12.1 Å². The van der Waals surface area contributed by atoms with E-state index in [9.17, 15) is 0 Å². The topological polar surface area (TPSA) is 60.2 Å². The van der Waals surface area contributed by atoms with Crippen molar-refractivity contribution >= 4 is 28.2 Å². The Morgan fingerprint density at radius 1 is 1.44 bits per heavy atom. The molecule has 0 aliphatic heterocycles. The maximum Gasteiger partial charge on any atom is 0.145 e. The average Bonchev–Trinajstić information content (AvgIpc) is 2.38. The fourth-order valence-electron chi connectivity index (χ4n) is 1.99. The maximum atomic E-state index is 6.21. The summed E-state index contributed by atoms with van der Waals surface area (Å²) in [7, 11) is 1.62. The molecule has 18 heavy (non-hydrogen) atoms. The van der Waals surface area contributed by atoms with E-state index in [2.05, 4.69) is 17.3 Å². The summed E-state index contributed by atoms with van der Waals surface area (Å²) in [6.45, 7) is 2.11. The highest BCUT2D eigenvalue weighted by atomic mass is 35.5. The molecule has 96 valence electrons. The van der Waals surface area contributed by atoms with Gasteiger partial charge >= 0.3 is 0 Å². The minimum atomic E-state index is 0.606. The maximum absolute atomic E-state index is 6.21. The molecule has 0 saturated carbocycles. The lowest BCUT2D eigenvalue weighted by Crippen LogP contribution is -2.09. The van der Waals surface area contributed by atoms with Gasteiger partial charge in [0.25, 0.3) is 0 Å². The van der Waals surface area contributed by atoms with Crippen LogP contribution in [0.5, 0.6) is 5.75 Å². The van der Waals surface area contributed by atoms with E-state index in [1.54, 1.807) is 13.2 Å². The summed E-state index contributed by atoms with van der Waals surface area (Å²) in [4.78, 5) is 4.60. The van der Waals surface area contributed by atoms with Gasteiger partial charge in [0, 0.05) is 11.1 Å². The third-order valence-corrected chi connectivity index (χ3v) is 3.12. The third kappa shape index (κ3) is 2.21. The quantitative estimate of drug-likeness (QED) is 0.659. The molecule has 0 radical (unpaired) electrons. The Hall–Kier alpha value is -1.52. The predicted octanol–water partition coefficient (Wildman–Crippen LogP) is 3.13. The molecule has 0 atom stereocenters. The molecule has 2 aromatic rings. The van der Waals surface area contributed by atoms with Crippen molar-refractivity contribution in [3.8, 4) is 5.75 Å². The number of aromatic nitrogens is 1. The van der Waals surface area contributed by atoms with Gasteiger partial charge in [-0.15, -0.1) is 0 Å². The Labute approximate surface area is 111 Å². The summed E-state index contributed by atoms with van der Waals surface area (Å²) >= 11 is 6.21. The molecule has 1 aromatic carbocycles. The molecule has 0 aliphatic rings. The summed E-state index contributed by atoms with van der Waals surface area (Å²) < 4.78 is 5.33. The van der Waals surface area contributed by atoms with Crippen molar-refractivity contribution in [2.24, 2.45) is 5.84 Å². The summed E-state index contributed by atoms with van der Waals surface area (Å²) in [5.74, 6) is 6.26. The zero-order chi connectivity index (χ0) is 13.1. The fourth-order valence-corrected chi connectivity index (χ4v) is 2.25. The first kappa shape index (κ1) is 12.9. The van der Waals surface area contributed by atoms with Gasteiger partial charge in [0.2, 0.25) is 0 Å². The molecule has 0 aliphatic carbocycles. The number of anilines is 1. The number of pyridine rings is 1. The number of benzene rings is 1. The molecule has 0 fully saturated rings. The van der Waals surface area contributed by atoms with Gasteiger partial charge in [-0.1, -0.05) is 24.9 Å². The van der Waals surface area contributed by atoms with Crippen molar-refractivity contribution in [3.63, 3.8) is 0 Å². The number of hydrogen-bond donors (Lipinski definition) is 2. The number of rotatable bonds is 4. The Balaban J connectivity index is 2.77. The highest BCUT2D eigenvalue weighted by Crippen LogP contribution is 2.35. The second kappa shape index (κ2) is 5.42. The third-order valence-electron chi connectivity index (χ3n) is 2.81. The molecule has 0 bridgehead atoms. The van der Waals surface area contributed by atoms with E-state index in [0.29, 0.717) is 10.8 Å². The van der Waals surface area contributed by atoms with Crippen molar-refractivity contribution in [3.05, 3.63) is 28.9 Å². The molecular formula is C13H16ClN3O. The second-order valence-electron chi connectivity index (χ2n) is 4.03. The number of hydrogen-bond acceptors (Lipinski definition) is 4. The Bertz CT molecular complexity index is 572. The number of nitrogens with one attached hydrogen (secondary N) is 1. The van der Waals surface area contributed by atoms with Gasteiger partial charge in [-0.2, -0.15) is 0 Å². The molecule has 0 amide bonds. The van der Waals surface area contributed by atoms with Crippen molar-refractivity contribution in [2.75, 3.05) is 12.5 Å². The fraction of sp³-hybridized carbons (Fsp3) is 0.308. The van der Waals surface area contributed by atoms with Gasteiger partial charge in [0.1, 0.15) is 11.3 Å². The molecule has 0 unspecified atom stereocenters. The van der Waals surface area contributed by atoms with E-state index in [4.69, 9.17) is 22.2 Å². The molecule has 3 N–H and O–H groups in total. The van der Waals surface area contributed by atoms with Crippen LogP contribution in [0.2, 0.25) is 5.02 Å². The summed E-state index contributed by atoms with van der Waals surface area (Å²) in [6, 6.07) is 5.52. The average molecular weight is 266 g/mol. The van der Waals surface area contributed by atoms with Gasteiger partial charge in [-0.3, -0.25) is 5.84 Å². The summed E-state index contributed by atoms with van der Waals surface area (Å²) in [5, 5.41) is 1.40. The van der Waals surface area contributed by atoms with Crippen molar-refractivity contribution in [2.45, 2.75) is 19.8 Å². The molecule has 4 nitrogen and oxygen atoms in total. The van der Waals surface area contributed by atoms with Crippen LogP contribution < -0.4 is 16.0 Å². The number of ether oxygens (including phenoxy) is 1. The Morgan fingerprint density at radius 3 is 2.83 bits per heavy atom. The van der Waals surface area contributed by atoms with E-state index in [-0.39, 0.29) is 0 Å². The van der Waals surface area contributed by atoms with Crippen LogP contribution in [0.1, 0.15) is 19.0 Å². The number of aryl methyl sites for hydroxylation is 1. The number of nitrogens with zero attached hydrogens (tertiary/aromatic N) is 1. The molecule has 1 aromatic heterocycles. The van der Waals surface area contributed by atoms with Crippen molar-refractivity contribution < 1.29 is 4.74 Å². The van der Waals surface area contributed by atoms with E-state index in [0.717, 1.165) is 35.1 Å². The van der Waals surface area contributed by atoms with Gasteiger partial charge in [0.15, 0.2) is 0 Å². The lowest BCUT2D eigenvalue weighted by atomic mass is 10.1. The van der Waals surface area contributed by atoms with Gasteiger partial charge < -0.3 is 10.2 Å². The summed E-state index contributed by atoms with van der Waals surface area (Å²) in [6.07, 6.45) is 1.91.